The van der Waals surface area contributed by atoms with E-state index in [-0.39, 0.29) is 24.2 Å². The third-order valence-corrected chi connectivity index (χ3v) is 4.26. The van der Waals surface area contributed by atoms with Gasteiger partial charge in [-0.2, -0.15) is 0 Å². The van der Waals surface area contributed by atoms with Gasteiger partial charge >= 0.3 is 5.97 Å². The zero-order valence-electron chi connectivity index (χ0n) is 12.1. The largest absolute Gasteiger partial charge is 0.469 e. The van der Waals surface area contributed by atoms with Crippen LogP contribution in [0.25, 0.3) is 0 Å². The van der Waals surface area contributed by atoms with Gasteiger partial charge in [0.15, 0.2) is 0 Å². The van der Waals surface area contributed by atoms with E-state index < -0.39 is 0 Å². The van der Waals surface area contributed by atoms with Gasteiger partial charge in [0.2, 0.25) is 0 Å². The first-order chi connectivity index (χ1) is 10.1. The Balaban J connectivity index is 2.04. The summed E-state index contributed by atoms with van der Waals surface area (Å²) >= 11 is 1.58. The van der Waals surface area contributed by atoms with Crippen LogP contribution in [0.2, 0.25) is 0 Å². The summed E-state index contributed by atoms with van der Waals surface area (Å²) in [5.74, 6) is -0.481. The highest BCUT2D eigenvalue weighted by Gasteiger charge is 2.17. The van der Waals surface area contributed by atoms with Gasteiger partial charge in [0.05, 0.1) is 19.6 Å². The van der Waals surface area contributed by atoms with Crippen LogP contribution in [0.15, 0.2) is 35.7 Å². The van der Waals surface area contributed by atoms with Gasteiger partial charge in [0, 0.05) is 11.4 Å². The van der Waals surface area contributed by atoms with Crippen LogP contribution in [0, 0.1) is 12.7 Å². The maximum Gasteiger partial charge on any atom is 0.307 e. The van der Waals surface area contributed by atoms with Crippen molar-refractivity contribution in [2.75, 3.05) is 7.11 Å². The molecule has 0 saturated heterocycles. The fourth-order valence-corrected chi connectivity index (χ4v) is 2.80. The number of rotatable bonds is 6. The van der Waals surface area contributed by atoms with E-state index in [0.29, 0.717) is 12.1 Å². The number of aryl methyl sites for hydroxylation is 1. The van der Waals surface area contributed by atoms with Gasteiger partial charge in [-0.05, 0) is 35.6 Å². The third-order valence-electron chi connectivity index (χ3n) is 3.27. The molecule has 1 aromatic heterocycles. The van der Waals surface area contributed by atoms with Crippen LogP contribution < -0.4 is 5.32 Å². The number of ether oxygens (including phenoxy) is 1. The molecule has 0 bridgehead atoms. The van der Waals surface area contributed by atoms with Crippen LogP contribution in [-0.4, -0.2) is 13.1 Å². The predicted molar refractivity (Wildman–Crippen MR) is 81.7 cm³/mol. The van der Waals surface area contributed by atoms with Gasteiger partial charge in [-0.15, -0.1) is 11.3 Å². The van der Waals surface area contributed by atoms with Crippen molar-refractivity contribution in [2.24, 2.45) is 0 Å². The highest BCUT2D eigenvalue weighted by atomic mass is 32.1. The molecule has 0 radical (unpaired) electrons. The molecule has 0 aliphatic heterocycles. The van der Waals surface area contributed by atoms with Crippen molar-refractivity contribution in [3.63, 3.8) is 0 Å². The Morgan fingerprint density at radius 3 is 2.86 bits per heavy atom. The minimum Gasteiger partial charge on any atom is -0.469 e. The van der Waals surface area contributed by atoms with Crippen molar-refractivity contribution >= 4 is 17.3 Å². The molecule has 2 aromatic rings. The minimum atomic E-state index is -0.268. The fraction of sp³-hybridized carbons (Fsp3) is 0.312. The van der Waals surface area contributed by atoms with Crippen LogP contribution in [0.5, 0.6) is 0 Å². The lowest BCUT2D eigenvalue weighted by Crippen LogP contribution is -2.23. The van der Waals surface area contributed by atoms with Crippen molar-refractivity contribution < 1.29 is 13.9 Å². The summed E-state index contributed by atoms with van der Waals surface area (Å²) in [7, 11) is 1.38. The Morgan fingerprint density at radius 1 is 1.43 bits per heavy atom. The second-order valence-corrected chi connectivity index (χ2v) is 5.79. The summed E-state index contributed by atoms with van der Waals surface area (Å²) in [6.07, 6.45) is 0.255. The summed E-state index contributed by atoms with van der Waals surface area (Å²) in [5, 5.41) is 5.26. The molecule has 1 N–H and O–H groups in total. The van der Waals surface area contributed by atoms with Crippen LogP contribution in [0.1, 0.15) is 28.5 Å². The molecule has 0 amide bonds. The number of benzene rings is 1. The number of carbonyl (C=O) groups excluding carboxylic acids is 1. The van der Waals surface area contributed by atoms with Crippen molar-refractivity contribution in [2.45, 2.75) is 25.9 Å². The Labute approximate surface area is 127 Å². The zero-order valence-corrected chi connectivity index (χ0v) is 12.9. The number of carbonyl (C=O) groups is 1. The van der Waals surface area contributed by atoms with E-state index in [9.17, 15) is 9.18 Å². The number of hydrogen-bond donors (Lipinski definition) is 1. The van der Waals surface area contributed by atoms with Gasteiger partial charge in [0.25, 0.3) is 0 Å². The van der Waals surface area contributed by atoms with Crippen LogP contribution >= 0.6 is 11.3 Å². The average molecular weight is 307 g/mol. The molecule has 0 fully saturated rings. The summed E-state index contributed by atoms with van der Waals surface area (Å²) in [5.41, 5.74) is 1.48. The van der Waals surface area contributed by atoms with Crippen molar-refractivity contribution in [3.05, 3.63) is 57.5 Å². The lowest BCUT2D eigenvalue weighted by atomic mass is 10.1. The second kappa shape index (κ2) is 7.33. The maximum absolute atomic E-state index is 13.5. The lowest BCUT2D eigenvalue weighted by molar-refractivity contribution is -0.141. The van der Waals surface area contributed by atoms with Gasteiger partial charge in [-0.3, -0.25) is 4.79 Å². The topological polar surface area (TPSA) is 38.3 Å². The van der Waals surface area contributed by atoms with Gasteiger partial charge in [-0.25, -0.2) is 4.39 Å². The van der Waals surface area contributed by atoms with E-state index >= 15 is 0 Å². The molecule has 0 aliphatic rings. The van der Waals surface area contributed by atoms with Crippen LogP contribution in [0.3, 0.4) is 0 Å². The number of nitrogens with one attached hydrogen (secondary N) is 1. The van der Waals surface area contributed by atoms with E-state index in [2.05, 4.69) is 5.32 Å². The number of halogens is 1. The maximum atomic E-state index is 13.5. The Bertz CT molecular complexity index is 598. The SMILES string of the molecule is COC(=O)CC(NCc1ccc(C)c(F)c1)c1cccs1. The molecular weight excluding hydrogens is 289 g/mol. The summed E-state index contributed by atoms with van der Waals surface area (Å²) in [4.78, 5) is 12.6. The molecule has 2 rings (SSSR count). The number of hydrogen-bond acceptors (Lipinski definition) is 4. The van der Waals surface area contributed by atoms with E-state index in [1.54, 1.807) is 24.3 Å². The second-order valence-electron chi connectivity index (χ2n) is 4.81. The Kier molecular flexibility index (Phi) is 5.47. The molecule has 21 heavy (non-hydrogen) atoms. The monoisotopic (exact) mass is 307 g/mol. The summed E-state index contributed by atoms with van der Waals surface area (Å²) in [6.45, 7) is 2.23. The standard InChI is InChI=1S/C16H18FNO2S/c1-11-5-6-12(8-13(11)17)10-18-14(9-16(19)20-2)15-4-3-7-21-15/h3-8,14,18H,9-10H2,1-2H3. The average Bonchev–Trinajstić information content (AvgIpc) is 3.00. The number of esters is 1. The first kappa shape index (κ1) is 15.7. The Morgan fingerprint density at radius 2 is 2.24 bits per heavy atom. The molecule has 0 aliphatic carbocycles. The van der Waals surface area contributed by atoms with Gasteiger partial charge < -0.3 is 10.1 Å². The molecule has 5 heteroatoms. The van der Waals surface area contributed by atoms with Crippen molar-refractivity contribution in [1.29, 1.82) is 0 Å². The molecule has 0 saturated carbocycles. The van der Waals surface area contributed by atoms with Crippen molar-refractivity contribution in [3.8, 4) is 0 Å². The van der Waals surface area contributed by atoms with Crippen LogP contribution in [-0.2, 0) is 16.1 Å². The highest BCUT2D eigenvalue weighted by Crippen LogP contribution is 2.23. The number of thiophene rings is 1. The van der Waals surface area contributed by atoms with Gasteiger partial charge in [-0.1, -0.05) is 18.2 Å². The molecule has 0 spiro atoms. The summed E-state index contributed by atoms with van der Waals surface area (Å²) < 4.78 is 18.3. The number of methoxy groups -OCH3 is 1. The van der Waals surface area contributed by atoms with E-state index in [4.69, 9.17) is 4.74 Å². The molecule has 3 nitrogen and oxygen atoms in total. The molecule has 1 heterocycles. The highest BCUT2D eigenvalue weighted by molar-refractivity contribution is 7.10. The van der Waals surface area contributed by atoms with E-state index in [1.807, 2.05) is 23.6 Å². The minimum absolute atomic E-state index is 0.123. The first-order valence-electron chi connectivity index (χ1n) is 6.68. The van der Waals surface area contributed by atoms with E-state index in [0.717, 1.165) is 10.4 Å². The quantitative estimate of drug-likeness (QED) is 0.829. The Hall–Kier alpha value is -1.72. The third kappa shape index (κ3) is 4.37. The molecule has 1 unspecified atom stereocenters. The fourth-order valence-electron chi connectivity index (χ4n) is 2.00. The molecule has 1 atom stereocenters. The molecular formula is C16H18FNO2S. The predicted octanol–water partition coefficient (Wildman–Crippen LogP) is 3.59. The molecule has 1 aromatic carbocycles. The van der Waals surface area contributed by atoms with Gasteiger partial charge in [0.1, 0.15) is 5.82 Å². The summed E-state index contributed by atoms with van der Waals surface area (Å²) in [6, 6.07) is 8.95. The first-order valence-corrected chi connectivity index (χ1v) is 7.56. The van der Waals surface area contributed by atoms with E-state index in [1.165, 1.54) is 13.2 Å². The van der Waals surface area contributed by atoms with Crippen LogP contribution in [0.4, 0.5) is 4.39 Å². The van der Waals surface area contributed by atoms with Crippen molar-refractivity contribution in [1.82, 2.24) is 5.32 Å². The normalized spacial score (nSPS) is 12.1. The lowest BCUT2D eigenvalue weighted by Gasteiger charge is -2.16. The smallest absolute Gasteiger partial charge is 0.307 e. The molecule has 112 valence electrons. The zero-order chi connectivity index (χ0) is 15.2.